The molecule has 100 valence electrons. The molecular formula is C15H21BrFN. The predicted octanol–water partition coefficient (Wildman–Crippen LogP) is 4.44. The van der Waals surface area contributed by atoms with E-state index in [0.29, 0.717) is 4.47 Å². The average molecular weight is 314 g/mol. The summed E-state index contributed by atoms with van der Waals surface area (Å²) in [5, 5.41) is 3.53. The van der Waals surface area contributed by atoms with Gasteiger partial charge >= 0.3 is 0 Å². The van der Waals surface area contributed by atoms with Crippen LogP contribution in [0.25, 0.3) is 0 Å². The average Bonchev–Trinajstić information content (AvgIpc) is 3.16. The summed E-state index contributed by atoms with van der Waals surface area (Å²) in [7, 11) is 0. The maximum Gasteiger partial charge on any atom is 0.137 e. The molecule has 0 saturated heterocycles. The Bertz CT molecular complexity index is 377. The number of unbranched alkanes of at least 4 members (excludes halogenated alkanes) is 3. The molecule has 0 heterocycles. The number of rotatable bonds is 8. The van der Waals surface area contributed by atoms with Gasteiger partial charge in [-0.15, -0.1) is 0 Å². The number of benzene rings is 1. The van der Waals surface area contributed by atoms with Crippen LogP contribution in [-0.4, -0.2) is 12.6 Å². The highest BCUT2D eigenvalue weighted by Gasteiger charge is 2.19. The molecule has 1 aliphatic carbocycles. The van der Waals surface area contributed by atoms with Crippen molar-refractivity contribution >= 4 is 15.9 Å². The van der Waals surface area contributed by atoms with Gasteiger partial charge in [-0.1, -0.05) is 18.9 Å². The fourth-order valence-corrected chi connectivity index (χ4v) is 2.52. The molecule has 1 saturated carbocycles. The van der Waals surface area contributed by atoms with Gasteiger partial charge in [0.15, 0.2) is 0 Å². The van der Waals surface area contributed by atoms with Crippen molar-refractivity contribution in [1.82, 2.24) is 5.32 Å². The largest absolute Gasteiger partial charge is 0.314 e. The van der Waals surface area contributed by atoms with Gasteiger partial charge in [0.05, 0.1) is 4.47 Å². The van der Waals surface area contributed by atoms with Gasteiger partial charge in [-0.2, -0.15) is 0 Å². The van der Waals surface area contributed by atoms with Gasteiger partial charge in [-0.25, -0.2) is 4.39 Å². The van der Waals surface area contributed by atoms with Crippen LogP contribution in [0, 0.1) is 5.82 Å². The first-order chi connectivity index (χ1) is 8.75. The summed E-state index contributed by atoms with van der Waals surface area (Å²) in [5.74, 6) is -0.176. The zero-order valence-corrected chi connectivity index (χ0v) is 12.3. The fourth-order valence-electron chi connectivity index (χ4n) is 2.10. The summed E-state index contributed by atoms with van der Waals surface area (Å²) in [6.07, 6.45) is 8.84. The van der Waals surface area contributed by atoms with Crippen molar-refractivity contribution in [2.75, 3.05) is 6.54 Å². The Morgan fingerprint density at radius 3 is 2.67 bits per heavy atom. The number of hydrogen-bond donors (Lipinski definition) is 1. The van der Waals surface area contributed by atoms with Crippen LogP contribution in [-0.2, 0) is 6.42 Å². The van der Waals surface area contributed by atoms with Crippen molar-refractivity contribution in [3.05, 3.63) is 34.1 Å². The van der Waals surface area contributed by atoms with Gasteiger partial charge in [0, 0.05) is 6.04 Å². The lowest BCUT2D eigenvalue weighted by atomic mass is 10.1. The van der Waals surface area contributed by atoms with E-state index in [2.05, 4.69) is 21.2 Å². The third kappa shape index (κ3) is 5.07. The van der Waals surface area contributed by atoms with Crippen LogP contribution in [0.1, 0.15) is 44.1 Å². The highest BCUT2D eigenvalue weighted by Crippen LogP contribution is 2.19. The first kappa shape index (κ1) is 14.0. The zero-order chi connectivity index (χ0) is 12.8. The van der Waals surface area contributed by atoms with E-state index in [1.807, 2.05) is 12.1 Å². The molecule has 0 radical (unpaired) electrons. The van der Waals surface area contributed by atoms with E-state index in [-0.39, 0.29) is 5.82 Å². The molecule has 0 unspecified atom stereocenters. The molecule has 0 atom stereocenters. The second-order valence-electron chi connectivity index (χ2n) is 5.14. The normalized spacial score (nSPS) is 15.0. The Kier molecular flexibility index (Phi) is 5.64. The number of nitrogens with one attached hydrogen (secondary N) is 1. The van der Waals surface area contributed by atoms with Crippen molar-refractivity contribution in [2.45, 2.75) is 51.0 Å². The molecule has 3 heteroatoms. The van der Waals surface area contributed by atoms with Gasteiger partial charge in [-0.05, 0) is 72.3 Å². The summed E-state index contributed by atoms with van der Waals surface area (Å²) in [6.45, 7) is 1.17. The lowest BCUT2D eigenvalue weighted by Crippen LogP contribution is -2.17. The maximum absolute atomic E-state index is 13.0. The summed E-state index contributed by atoms with van der Waals surface area (Å²) in [4.78, 5) is 0. The van der Waals surface area contributed by atoms with Crippen LogP contribution >= 0.6 is 15.9 Å². The van der Waals surface area contributed by atoms with E-state index in [0.717, 1.165) is 12.5 Å². The Labute approximate surface area is 117 Å². The molecule has 0 bridgehead atoms. The molecule has 1 aromatic rings. The van der Waals surface area contributed by atoms with Crippen LogP contribution in [0.4, 0.5) is 4.39 Å². The third-order valence-corrected chi connectivity index (χ3v) is 3.99. The summed E-state index contributed by atoms with van der Waals surface area (Å²) < 4.78 is 13.6. The van der Waals surface area contributed by atoms with Gasteiger partial charge in [0.25, 0.3) is 0 Å². The van der Waals surface area contributed by atoms with Gasteiger partial charge in [0.1, 0.15) is 5.82 Å². The molecule has 0 spiro atoms. The quantitative estimate of drug-likeness (QED) is 0.699. The molecule has 1 N–H and O–H groups in total. The van der Waals surface area contributed by atoms with Crippen molar-refractivity contribution in [3.63, 3.8) is 0 Å². The standard InChI is InChI=1S/C15H21BrFN/c16-14-11-12(6-9-15(14)17)5-3-1-2-4-10-18-13-7-8-13/h6,9,11,13,18H,1-5,7-8,10H2. The SMILES string of the molecule is Fc1ccc(CCCCCCNC2CC2)cc1Br. The molecule has 1 nitrogen and oxygen atoms in total. The number of aryl methyl sites for hydroxylation is 1. The highest BCUT2D eigenvalue weighted by molar-refractivity contribution is 9.10. The Morgan fingerprint density at radius 2 is 1.94 bits per heavy atom. The lowest BCUT2D eigenvalue weighted by Gasteiger charge is -2.04. The smallest absolute Gasteiger partial charge is 0.137 e. The lowest BCUT2D eigenvalue weighted by molar-refractivity contribution is 0.584. The van der Waals surface area contributed by atoms with Crippen LogP contribution in [0.15, 0.2) is 22.7 Å². The van der Waals surface area contributed by atoms with E-state index in [1.54, 1.807) is 6.07 Å². The predicted molar refractivity (Wildman–Crippen MR) is 77.3 cm³/mol. The number of hydrogen-bond acceptors (Lipinski definition) is 1. The van der Waals surface area contributed by atoms with Gasteiger partial charge < -0.3 is 5.32 Å². The molecule has 0 aliphatic heterocycles. The van der Waals surface area contributed by atoms with E-state index >= 15 is 0 Å². The second-order valence-corrected chi connectivity index (χ2v) is 6.00. The molecular weight excluding hydrogens is 293 g/mol. The van der Waals surface area contributed by atoms with Gasteiger partial charge in [0.2, 0.25) is 0 Å². The summed E-state index contributed by atoms with van der Waals surface area (Å²) in [5.41, 5.74) is 1.22. The monoisotopic (exact) mass is 313 g/mol. The minimum absolute atomic E-state index is 0.176. The first-order valence-electron chi connectivity index (χ1n) is 6.93. The van der Waals surface area contributed by atoms with Gasteiger partial charge in [-0.3, -0.25) is 0 Å². The zero-order valence-electron chi connectivity index (χ0n) is 10.7. The Hall–Kier alpha value is -0.410. The summed E-state index contributed by atoms with van der Waals surface area (Å²) in [6, 6.07) is 6.15. The minimum atomic E-state index is -0.176. The second kappa shape index (κ2) is 7.25. The van der Waals surface area contributed by atoms with Crippen molar-refractivity contribution in [3.8, 4) is 0 Å². The summed E-state index contributed by atoms with van der Waals surface area (Å²) >= 11 is 3.23. The molecule has 0 amide bonds. The van der Waals surface area contributed by atoms with E-state index in [4.69, 9.17) is 0 Å². The van der Waals surface area contributed by atoms with Crippen molar-refractivity contribution < 1.29 is 4.39 Å². The minimum Gasteiger partial charge on any atom is -0.314 e. The number of halogens is 2. The molecule has 1 fully saturated rings. The van der Waals surface area contributed by atoms with E-state index < -0.39 is 0 Å². The molecule has 1 aromatic carbocycles. The Balaban J connectivity index is 1.52. The topological polar surface area (TPSA) is 12.0 Å². The third-order valence-electron chi connectivity index (χ3n) is 3.39. The molecule has 0 aromatic heterocycles. The van der Waals surface area contributed by atoms with Crippen LogP contribution in [0.2, 0.25) is 0 Å². The molecule has 1 aliphatic rings. The van der Waals surface area contributed by atoms with Crippen molar-refractivity contribution in [1.29, 1.82) is 0 Å². The molecule has 18 heavy (non-hydrogen) atoms. The Morgan fingerprint density at radius 1 is 1.17 bits per heavy atom. The molecule has 2 rings (SSSR count). The van der Waals surface area contributed by atoms with Crippen molar-refractivity contribution in [2.24, 2.45) is 0 Å². The highest BCUT2D eigenvalue weighted by atomic mass is 79.9. The first-order valence-corrected chi connectivity index (χ1v) is 7.72. The maximum atomic E-state index is 13.0. The van der Waals surface area contributed by atoms with Crippen LogP contribution in [0.5, 0.6) is 0 Å². The van der Waals surface area contributed by atoms with Crippen LogP contribution in [0.3, 0.4) is 0 Å². The van der Waals surface area contributed by atoms with E-state index in [1.165, 1.54) is 50.6 Å². The fraction of sp³-hybridized carbons (Fsp3) is 0.600. The van der Waals surface area contributed by atoms with E-state index in [9.17, 15) is 4.39 Å². The van der Waals surface area contributed by atoms with Crippen LogP contribution < -0.4 is 5.32 Å².